The van der Waals surface area contributed by atoms with E-state index in [4.69, 9.17) is 4.74 Å². The molecule has 0 heterocycles. The second-order valence-electron chi connectivity index (χ2n) is 7.96. The Kier molecular flexibility index (Phi) is 4.10. The molecule has 2 heteroatoms. The molecule has 0 amide bonds. The smallest absolute Gasteiger partial charge is 0.308 e. The van der Waals surface area contributed by atoms with Crippen LogP contribution in [0.3, 0.4) is 0 Å². The van der Waals surface area contributed by atoms with E-state index in [1.807, 2.05) is 0 Å². The zero-order valence-electron chi connectivity index (χ0n) is 13.2. The molecule has 20 heavy (non-hydrogen) atoms. The van der Waals surface area contributed by atoms with E-state index in [-0.39, 0.29) is 17.3 Å². The van der Waals surface area contributed by atoms with Crippen molar-refractivity contribution >= 4 is 5.97 Å². The molecule has 0 saturated heterocycles. The van der Waals surface area contributed by atoms with Crippen LogP contribution in [0.5, 0.6) is 0 Å². The quantitative estimate of drug-likeness (QED) is 0.688. The molecule has 0 bridgehead atoms. The Labute approximate surface area is 123 Å². The van der Waals surface area contributed by atoms with Crippen LogP contribution in [0.4, 0.5) is 0 Å². The number of hydrogen-bond donors (Lipinski definition) is 0. The van der Waals surface area contributed by atoms with E-state index in [2.05, 4.69) is 13.8 Å². The van der Waals surface area contributed by atoms with E-state index in [9.17, 15) is 4.79 Å². The van der Waals surface area contributed by atoms with E-state index in [0.717, 1.165) is 30.6 Å². The monoisotopic (exact) mass is 278 g/mol. The van der Waals surface area contributed by atoms with Gasteiger partial charge in [-0.1, -0.05) is 52.4 Å². The fourth-order valence-corrected chi connectivity index (χ4v) is 4.42. The lowest BCUT2D eigenvalue weighted by Crippen LogP contribution is -2.27. The third-order valence-corrected chi connectivity index (χ3v) is 6.43. The van der Waals surface area contributed by atoms with Crippen LogP contribution >= 0.6 is 0 Å². The topological polar surface area (TPSA) is 26.3 Å². The van der Waals surface area contributed by atoms with E-state index < -0.39 is 0 Å². The summed E-state index contributed by atoms with van der Waals surface area (Å²) in [4.78, 5) is 11.9. The molecule has 0 aromatic rings. The molecule has 3 saturated carbocycles. The highest BCUT2D eigenvalue weighted by Crippen LogP contribution is 2.59. The molecule has 2 nitrogen and oxygen atoms in total. The summed E-state index contributed by atoms with van der Waals surface area (Å²) in [5.41, 5.74) is 0.288. The van der Waals surface area contributed by atoms with Crippen LogP contribution in [0.2, 0.25) is 0 Å². The molecule has 3 aliphatic carbocycles. The summed E-state index contributed by atoms with van der Waals surface area (Å²) in [6.07, 6.45) is 11.7. The van der Waals surface area contributed by atoms with Crippen molar-refractivity contribution in [1.29, 1.82) is 0 Å². The maximum atomic E-state index is 11.9. The number of rotatable bonds is 5. The Morgan fingerprint density at radius 3 is 2.45 bits per heavy atom. The normalized spacial score (nSPS) is 36.2. The van der Waals surface area contributed by atoms with Gasteiger partial charge in [-0.3, -0.25) is 4.79 Å². The Morgan fingerprint density at radius 1 is 1.15 bits per heavy atom. The second kappa shape index (κ2) is 5.69. The summed E-state index contributed by atoms with van der Waals surface area (Å²) in [6.45, 7) is 5.44. The first-order valence-corrected chi connectivity index (χ1v) is 8.77. The van der Waals surface area contributed by atoms with Crippen LogP contribution in [-0.2, 0) is 9.53 Å². The van der Waals surface area contributed by atoms with Crippen LogP contribution < -0.4 is 0 Å². The Hall–Kier alpha value is -0.530. The molecule has 3 aliphatic rings. The number of ether oxygens (including phenoxy) is 1. The molecule has 0 spiro atoms. The van der Waals surface area contributed by atoms with Crippen molar-refractivity contribution in [3.05, 3.63) is 0 Å². The van der Waals surface area contributed by atoms with Crippen LogP contribution in [-0.4, -0.2) is 12.6 Å². The lowest BCUT2D eigenvalue weighted by molar-refractivity contribution is -0.153. The van der Waals surface area contributed by atoms with Crippen molar-refractivity contribution in [3.63, 3.8) is 0 Å². The summed E-state index contributed by atoms with van der Waals surface area (Å²) in [5.74, 6) is 2.85. The van der Waals surface area contributed by atoms with E-state index >= 15 is 0 Å². The third kappa shape index (κ3) is 2.89. The molecule has 0 aliphatic heterocycles. The minimum Gasteiger partial charge on any atom is -0.465 e. The first-order valence-electron chi connectivity index (χ1n) is 8.77. The molecule has 3 atom stereocenters. The predicted molar refractivity (Wildman–Crippen MR) is 80.3 cm³/mol. The summed E-state index contributed by atoms with van der Waals surface area (Å²) >= 11 is 0. The average Bonchev–Trinajstić information content (AvgIpc) is 3.07. The zero-order valence-corrected chi connectivity index (χ0v) is 13.2. The van der Waals surface area contributed by atoms with Gasteiger partial charge in [0.15, 0.2) is 0 Å². The van der Waals surface area contributed by atoms with Gasteiger partial charge in [-0.05, 0) is 37.0 Å². The van der Waals surface area contributed by atoms with E-state index in [1.165, 1.54) is 44.9 Å². The van der Waals surface area contributed by atoms with Crippen molar-refractivity contribution in [2.75, 3.05) is 6.61 Å². The fourth-order valence-electron chi connectivity index (χ4n) is 4.42. The lowest BCUT2D eigenvalue weighted by Gasteiger charge is -2.29. The van der Waals surface area contributed by atoms with Gasteiger partial charge in [-0.15, -0.1) is 0 Å². The van der Waals surface area contributed by atoms with Gasteiger partial charge in [-0.2, -0.15) is 0 Å². The molecule has 3 fully saturated rings. The highest BCUT2D eigenvalue weighted by Gasteiger charge is 2.54. The summed E-state index contributed by atoms with van der Waals surface area (Å²) in [6, 6.07) is 0. The minimum atomic E-state index is 0.0773. The number of carbonyl (C=O) groups is 1. The number of esters is 1. The first-order chi connectivity index (χ1) is 9.60. The molecule has 0 radical (unpaired) electrons. The van der Waals surface area contributed by atoms with Crippen molar-refractivity contribution < 1.29 is 9.53 Å². The van der Waals surface area contributed by atoms with Gasteiger partial charge in [0.2, 0.25) is 0 Å². The van der Waals surface area contributed by atoms with Crippen molar-refractivity contribution in [2.24, 2.45) is 29.1 Å². The van der Waals surface area contributed by atoms with E-state index in [0.29, 0.717) is 6.61 Å². The summed E-state index contributed by atoms with van der Waals surface area (Å²) in [7, 11) is 0. The molecule has 3 rings (SSSR count). The average molecular weight is 278 g/mol. The van der Waals surface area contributed by atoms with Crippen LogP contribution in [0, 0.1) is 29.1 Å². The van der Waals surface area contributed by atoms with Crippen LogP contribution in [0.15, 0.2) is 0 Å². The molecule has 0 aromatic carbocycles. The maximum Gasteiger partial charge on any atom is 0.308 e. The molecule has 0 unspecified atom stereocenters. The Bertz CT molecular complexity index is 354. The molecular formula is C18H30O2. The highest BCUT2D eigenvalue weighted by molar-refractivity contribution is 5.73. The van der Waals surface area contributed by atoms with Gasteiger partial charge in [0.1, 0.15) is 0 Å². The molecule has 0 N–H and O–H groups in total. The van der Waals surface area contributed by atoms with Gasteiger partial charge in [0.25, 0.3) is 0 Å². The lowest BCUT2D eigenvalue weighted by atomic mass is 9.77. The summed E-state index contributed by atoms with van der Waals surface area (Å²) < 4.78 is 5.60. The highest BCUT2D eigenvalue weighted by atomic mass is 16.5. The standard InChI is InChI=1S/C18H30O2/c1-13(14-7-4-3-5-8-14)16-11-18(16,2)12-20-17(19)15-9-6-10-15/h13-16H,3-12H2,1-2H3/t13-,16+,18+/m1/s1. The Balaban J connectivity index is 1.44. The SMILES string of the molecule is C[C@H](C1CCCCC1)[C@@H]1C[C@@]1(C)COC(=O)C1CCC1. The van der Waals surface area contributed by atoms with Crippen LogP contribution in [0.25, 0.3) is 0 Å². The molecule has 0 aromatic heterocycles. The van der Waals surface area contributed by atoms with E-state index in [1.54, 1.807) is 0 Å². The third-order valence-electron chi connectivity index (χ3n) is 6.43. The second-order valence-corrected chi connectivity index (χ2v) is 7.96. The van der Waals surface area contributed by atoms with Gasteiger partial charge >= 0.3 is 5.97 Å². The minimum absolute atomic E-state index is 0.0773. The van der Waals surface area contributed by atoms with Crippen molar-refractivity contribution in [1.82, 2.24) is 0 Å². The maximum absolute atomic E-state index is 11.9. The first kappa shape index (κ1) is 14.4. The van der Waals surface area contributed by atoms with Crippen molar-refractivity contribution in [3.8, 4) is 0 Å². The Morgan fingerprint density at radius 2 is 1.85 bits per heavy atom. The molecular weight excluding hydrogens is 248 g/mol. The van der Waals surface area contributed by atoms with Gasteiger partial charge in [0, 0.05) is 5.41 Å². The summed E-state index contributed by atoms with van der Waals surface area (Å²) in [5, 5.41) is 0. The fraction of sp³-hybridized carbons (Fsp3) is 0.944. The van der Waals surface area contributed by atoms with Gasteiger partial charge in [0.05, 0.1) is 12.5 Å². The molecule has 114 valence electrons. The number of carbonyl (C=O) groups excluding carboxylic acids is 1. The van der Waals surface area contributed by atoms with Crippen LogP contribution in [0.1, 0.15) is 71.6 Å². The van der Waals surface area contributed by atoms with Crippen molar-refractivity contribution in [2.45, 2.75) is 71.6 Å². The zero-order chi connectivity index (χ0) is 14.2. The van der Waals surface area contributed by atoms with Gasteiger partial charge < -0.3 is 4.74 Å². The predicted octanol–water partition coefficient (Wildman–Crippen LogP) is 4.57. The van der Waals surface area contributed by atoms with Gasteiger partial charge in [-0.25, -0.2) is 0 Å². The number of hydrogen-bond acceptors (Lipinski definition) is 2. The largest absolute Gasteiger partial charge is 0.465 e.